The molecule has 0 unspecified atom stereocenters. The molecular weight excluding hydrogens is 450 g/mol. The number of carbonyl (C=O) groups excluding carboxylic acids is 2. The average molecular weight is 474 g/mol. The second kappa shape index (κ2) is 9.92. The van der Waals surface area contributed by atoms with Crippen LogP contribution >= 0.6 is 0 Å². The number of ether oxygens (including phenoxy) is 2. The van der Waals surface area contributed by atoms with E-state index in [9.17, 15) is 22.8 Å². The predicted octanol–water partition coefficient (Wildman–Crippen LogP) is 2.10. The largest absolute Gasteiger partial charge is 0.465 e. The summed E-state index contributed by atoms with van der Waals surface area (Å²) in [5.41, 5.74) is 0.169. The van der Waals surface area contributed by atoms with E-state index in [0.29, 0.717) is 13.1 Å². The van der Waals surface area contributed by atoms with Crippen molar-refractivity contribution in [3.8, 4) is 0 Å². The number of methoxy groups -OCH3 is 1. The third-order valence-electron chi connectivity index (χ3n) is 4.95. The van der Waals surface area contributed by atoms with Crippen molar-refractivity contribution in [3.63, 3.8) is 0 Å². The van der Waals surface area contributed by atoms with Crippen molar-refractivity contribution in [1.29, 1.82) is 0 Å². The molecule has 1 N–H and O–H groups in total. The molecule has 0 radical (unpaired) electrons. The minimum Gasteiger partial charge on any atom is -0.465 e. The predicted molar refractivity (Wildman–Crippen MR) is 119 cm³/mol. The first kappa shape index (κ1) is 24.1. The second-order valence-electron chi connectivity index (χ2n) is 6.93. The summed E-state index contributed by atoms with van der Waals surface area (Å²) < 4.78 is 36.3. The van der Waals surface area contributed by atoms with Gasteiger partial charge in [0, 0.05) is 13.1 Å². The Balaban J connectivity index is 1.76. The third kappa shape index (κ3) is 5.10. The molecule has 0 saturated carbocycles. The molecule has 0 saturated heterocycles. The van der Waals surface area contributed by atoms with Gasteiger partial charge in [-0.2, -0.15) is 4.31 Å². The maximum Gasteiger partial charge on any atom is 0.338 e. The zero-order valence-corrected chi connectivity index (χ0v) is 19.1. The number of nitrogens with zero attached hydrogens (tertiary/aromatic N) is 2. The molecule has 174 valence electrons. The second-order valence-corrected chi connectivity index (χ2v) is 8.86. The highest BCUT2D eigenvalue weighted by molar-refractivity contribution is 7.89. The molecule has 0 aliphatic rings. The number of carbonyl (C=O) groups is 2. The number of fused-ring (bicyclic) bond motifs is 1. The number of benzene rings is 2. The highest BCUT2D eigenvalue weighted by atomic mass is 32.2. The standard InChI is InChI=1S/C22H23N3O7S/c1-4-25(5-2)33(29,30)16-9-6-14(7-10-16)22(28)32-13-19-23-18-12-15(21(27)31-3)8-11-17(18)20(26)24-19/h6-12H,4-5,13H2,1-3H3,(H,23,24,26). The molecule has 10 nitrogen and oxygen atoms in total. The van der Waals surface area contributed by atoms with Crippen LogP contribution in [0.2, 0.25) is 0 Å². The molecular formula is C22H23N3O7S. The van der Waals surface area contributed by atoms with E-state index < -0.39 is 27.5 Å². The van der Waals surface area contributed by atoms with Crippen LogP contribution in [-0.4, -0.2) is 54.8 Å². The summed E-state index contributed by atoms with van der Waals surface area (Å²) in [5, 5.41) is 0.266. The molecule has 3 aromatic rings. The lowest BCUT2D eigenvalue weighted by atomic mass is 10.1. The van der Waals surface area contributed by atoms with Gasteiger partial charge in [-0.1, -0.05) is 13.8 Å². The lowest BCUT2D eigenvalue weighted by Crippen LogP contribution is -2.30. The average Bonchev–Trinajstić information content (AvgIpc) is 2.82. The zero-order chi connectivity index (χ0) is 24.2. The van der Waals surface area contributed by atoms with Crippen molar-refractivity contribution >= 4 is 32.9 Å². The quantitative estimate of drug-likeness (QED) is 0.491. The zero-order valence-electron chi connectivity index (χ0n) is 18.3. The number of H-pyrrole nitrogens is 1. The van der Waals surface area contributed by atoms with Crippen LogP contribution < -0.4 is 5.56 Å². The van der Waals surface area contributed by atoms with Crippen LogP contribution in [0.4, 0.5) is 0 Å². The summed E-state index contributed by atoms with van der Waals surface area (Å²) in [4.78, 5) is 43.2. The maximum atomic E-state index is 12.5. The van der Waals surface area contributed by atoms with Crippen LogP contribution in [0.3, 0.4) is 0 Å². The maximum absolute atomic E-state index is 12.5. The van der Waals surface area contributed by atoms with E-state index in [4.69, 9.17) is 4.74 Å². The van der Waals surface area contributed by atoms with Gasteiger partial charge >= 0.3 is 11.9 Å². The van der Waals surface area contributed by atoms with Gasteiger partial charge in [0.05, 0.1) is 34.0 Å². The number of hydrogen-bond acceptors (Lipinski definition) is 8. The summed E-state index contributed by atoms with van der Waals surface area (Å²) in [7, 11) is -2.39. The summed E-state index contributed by atoms with van der Waals surface area (Å²) in [6.07, 6.45) is 0. The molecule has 0 aliphatic heterocycles. The molecule has 0 atom stereocenters. The van der Waals surface area contributed by atoms with Crippen LogP contribution in [0.25, 0.3) is 10.9 Å². The van der Waals surface area contributed by atoms with E-state index in [1.54, 1.807) is 13.8 Å². The first-order valence-corrected chi connectivity index (χ1v) is 11.5. The van der Waals surface area contributed by atoms with Gasteiger partial charge < -0.3 is 14.5 Å². The molecule has 0 aliphatic carbocycles. The van der Waals surface area contributed by atoms with Crippen LogP contribution in [0.1, 0.15) is 40.4 Å². The first-order valence-electron chi connectivity index (χ1n) is 10.1. The van der Waals surface area contributed by atoms with Crippen LogP contribution in [0.15, 0.2) is 52.2 Å². The van der Waals surface area contributed by atoms with Gasteiger partial charge in [0.2, 0.25) is 10.0 Å². The summed E-state index contributed by atoms with van der Waals surface area (Å²) in [6, 6.07) is 9.72. The van der Waals surface area contributed by atoms with Crippen molar-refractivity contribution in [2.45, 2.75) is 25.3 Å². The third-order valence-corrected chi connectivity index (χ3v) is 7.01. The van der Waals surface area contributed by atoms with Crippen molar-refractivity contribution in [2.75, 3.05) is 20.2 Å². The van der Waals surface area contributed by atoms with E-state index >= 15 is 0 Å². The molecule has 33 heavy (non-hydrogen) atoms. The number of aromatic amines is 1. The van der Waals surface area contributed by atoms with Gasteiger partial charge in [0.1, 0.15) is 12.4 Å². The van der Waals surface area contributed by atoms with E-state index in [1.165, 1.54) is 53.9 Å². The van der Waals surface area contributed by atoms with Crippen LogP contribution in [-0.2, 0) is 26.1 Å². The summed E-state index contributed by atoms with van der Waals surface area (Å²) in [5.74, 6) is -1.20. The Hall–Kier alpha value is -3.57. The minimum absolute atomic E-state index is 0.0738. The van der Waals surface area contributed by atoms with Crippen molar-refractivity contribution < 1.29 is 27.5 Å². The highest BCUT2D eigenvalue weighted by Gasteiger charge is 2.22. The van der Waals surface area contributed by atoms with Crippen LogP contribution in [0, 0.1) is 0 Å². The van der Waals surface area contributed by atoms with Gasteiger partial charge in [-0.3, -0.25) is 4.79 Å². The number of nitrogens with one attached hydrogen (secondary N) is 1. The fourth-order valence-corrected chi connectivity index (χ4v) is 4.65. The van der Waals surface area contributed by atoms with Gasteiger partial charge in [-0.15, -0.1) is 0 Å². The molecule has 11 heteroatoms. The van der Waals surface area contributed by atoms with E-state index in [-0.39, 0.29) is 39.4 Å². The van der Waals surface area contributed by atoms with Crippen molar-refractivity contribution in [3.05, 3.63) is 69.8 Å². The van der Waals surface area contributed by atoms with Crippen molar-refractivity contribution in [1.82, 2.24) is 14.3 Å². The number of rotatable bonds is 8. The molecule has 0 spiro atoms. The molecule has 2 aromatic carbocycles. The Morgan fingerprint density at radius 1 is 1.00 bits per heavy atom. The number of aromatic nitrogens is 2. The molecule has 3 rings (SSSR count). The molecule has 1 heterocycles. The smallest absolute Gasteiger partial charge is 0.338 e. The molecule has 0 fully saturated rings. The highest BCUT2D eigenvalue weighted by Crippen LogP contribution is 2.17. The monoisotopic (exact) mass is 473 g/mol. The fourth-order valence-electron chi connectivity index (χ4n) is 3.19. The number of hydrogen-bond donors (Lipinski definition) is 1. The Bertz CT molecular complexity index is 1340. The summed E-state index contributed by atoms with van der Waals surface area (Å²) in [6.45, 7) is 3.83. The van der Waals surface area contributed by atoms with E-state index in [0.717, 1.165) is 0 Å². The van der Waals surface area contributed by atoms with Crippen molar-refractivity contribution in [2.24, 2.45) is 0 Å². The van der Waals surface area contributed by atoms with E-state index in [2.05, 4.69) is 14.7 Å². The van der Waals surface area contributed by atoms with Gasteiger partial charge in [0.15, 0.2) is 0 Å². The first-order chi connectivity index (χ1) is 15.7. The van der Waals surface area contributed by atoms with Gasteiger partial charge in [-0.25, -0.2) is 23.0 Å². The summed E-state index contributed by atoms with van der Waals surface area (Å²) >= 11 is 0. The fraction of sp³-hybridized carbons (Fsp3) is 0.273. The number of esters is 2. The minimum atomic E-state index is -3.64. The van der Waals surface area contributed by atoms with Gasteiger partial charge in [0.25, 0.3) is 5.56 Å². The molecule has 1 aromatic heterocycles. The lowest BCUT2D eigenvalue weighted by molar-refractivity contribution is 0.0462. The SMILES string of the molecule is CCN(CC)S(=O)(=O)c1ccc(C(=O)OCc2nc3cc(C(=O)OC)ccc3c(=O)[nH]2)cc1. The Kier molecular flexibility index (Phi) is 7.24. The Morgan fingerprint density at radius 3 is 2.24 bits per heavy atom. The van der Waals surface area contributed by atoms with E-state index in [1.807, 2.05) is 0 Å². The molecule has 0 bridgehead atoms. The Morgan fingerprint density at radius 2 is 1.64 bits per heavy atom. The topological polar surface area (TPSA) is 136 Å². The Labute approximate surface area is 190 Å². The molecule has 0 amide bonds. The normalized spacial score (nSPS) is 11.5. The number of sulfonamides is 1. The van der Waals surface area contributed by atoms with Crippen LogP contribution in [0.5, 0.6) is 0 Å². The van der Waals surface area contributed by atoms with Gasteiger partial charge in [-0.05, 0) is 42.5 Å². The lowest BCUT2D eigenvalue weighted by Gasteiger charge is -2.18.